The van der Waals surface area contributed by atoms with Gasteiger partial charge in [-0.05, 0) is 46.1 Å². The molecule has 1 aromatic carbocycles. The van der Waals surface area contributed by atoms with E-state index in [1.807, 2.05) is 25.1 Å². The van der Waals surface area contributed by atoms with Crippen molar-refractivity contribution in [3.05, 3.63) is 33.8 Å². The molecule has 0 bridgehead atoms. The first-order valence-corrected chi connectivity index (χ1v) is 5.19. The van der Waals surface area contributed by atoms with E-state index < -0.39 is 0 Å². The van der Waals surface area contributed by atoms with Crippen LogP contribution in [0.3, 0.4) is 0 Å². The highest BCUT2D eigenvalue weighted by Gasteiger charge is 2.04. The van der Waals surface area contributed by atoms with E-state index in [2.05, 4.69) is 22.0 Å². The Kier molecular flexibility index (Phi) is 4.17. The van der Waals surface area contributed by atoms with Gasteiger partial charge in [0, 0.05) is 6.54 Å². The van der Waals surface area contributed by atoms with Crippen molar-refractivity contribution in [1.29, 1.82) is 0 Å². The summed E-state index contributed by atoms with van der Waals surface area (Å²) in [6.45, 7) is 2.58. The molecule has 0 aliphatic heterocycles. The molecule has 0 saturated heterocycles. The van der Waals surface area contributed by atoms with Gasteiger partial charge in [0.05, 0.1) is 11.6 Å². The van der Waals surface area contributed by atoms with Gasteiger partial charge in [-0.25, -0.2) is 0 Å². The largest absolute Gasteiger partial charge is 0.495 e. The molecule has 0 aromatic heterocycles. The number of hydrogen-bond donors (Lipinski definition) is 1. The molecule has 1 aromatic rings. The van der Waals surface area contributed by atoms with Crippen LogP contribution in [0.15, 0.2) is 22.7 Å². The van der Waals surface area contributed by atoms with E-state index >= 15 is 0 Å². The van der Waals surface area contributed by atoms with Crippen LogP contribution in [0.5, 0.6) is 5.75 Å². The average molecular weight is 256 g/mol. The lowest BCUT2D eigenvalue weighted by molar-refractivity contribution is 0.409. The monoisotopic (exact) mass is 255 g/mol. The van der Waals surface area contributed by atoms with E-state index in [-0.39, 0.29) is 0 Å². The maximum atomic E-state index is 5.39. The third kappa shape index (κ3) is 2.59. The maximum Gasteiger partial charge on any atom is 0.135 e. The molecule has 0 aliphatic rings. The number of halogens is 1. The van der Waals surface area contributed by atoms with E-state index in [1.54, 1.807) is 7.11 Å². The molecule has 0 spiro atoms. The highest BCUT2D eigenvalue weighted by atomic mass is 79.9. The van der Waals surface area contributed by atoms with Crippen LogP contribution < -0.4 is 10.5 Å². The lowest BCUT2D eigenvalue weighted by Gasteiger charge is -2.08. The number of benzene rings is 1. The van der Waals surface area contributed by atoms with Gasteiger partial charge in [-0.15, -0.1) is 0 Å². The van der Waals surface area contributed by atoms with Gasteiger partial charge in [-0.3, -0.25) is 0 Å². The average Bonchev–Trinajstić information content (AvgIpc) is 2.14. The summed E-state index contributed by atoms with van der Waals surface area (Å²) in [5.41, 5.74) is 7.62. The fraction of sp³-hybridized carbons (Fsp3) is 0.273. The van der Waals surface area contributed by atoms with Gasteiger partial charge in [-0.2, -0.15) is 0 Å². The molecule has 0 radical (unpaired) electrons. The summed E-state index contributed by atoms with van der Waals surface area (Å²) in [4.78, 5) is 0. The quantitative estimate of drug-likeness (QED) is 0.902. The molecule has 2 nitrogen and oxygen atoms in total. The Morgan fingerprint density at radius 1 is 1.50 bits per heavy atom. The van der Waals surface area contributed by atoms with Crippen molar-refractivity contribution in [2.24, 2.45) is 5.73 Å². The third-order valence-corrected chi connectivity index (χ3v) is 2.49. The fourth-order valence-corrected chi connectivity index (χ4v) is 2.06. The van der Waals surface area contributed by atoms with Gasteiger partial charge in [-0.1, -0.05) is 12.2 Å². The Labute approximate surface area is 92.9 Å². The number of aryl methyl sites for hydroxylation is 1. The van der Waals surface area contributed by atoms with Crippen LogP contribution >= 0.6 is 15.9 Å². The SMILES string of the molecule is COc1c(C)cc(/C=C/CN)cc1Br. The zero-order valence-electron chi connectivity index (χ0n) is 8.38. The van der Waals surface area contributed by atoms with Crippen LogP contribution in [0.4, 0.5) is 0 Å². The van der Waals surface area contributed by atoms with Crippen LogP contribution in [-0.2, 0) is 0 Å². The van der Waals surface area contributed by atoms with E-state index in [1.165, 1.54) is 0 Å². The van der Waals surface area contributed by atoms with Gasteiger partial charge >= 0.3 is 0 Å². The minimum atomic E-state index is 0.558. The second-order valence-electron chi connectivity index (χ2n) is 2.99. The van der Waals surface area contributed by atoms with Gasteiger partial charge < -0.3 is 10.5 Å². The van der Waals surface area contributed by atoms with Crippen LogP contribution in [0.25, 0.3) is 6.08 Å². The summed E-state index contributed by atoms with van der Waals surface area (Å²) in [6, 6.07) is 4.08. The molecular formula is C11H14BrNO. The molecule has 3 heteroatoms. The lowest BCUT2D eigenvalue weighted by atomic mass is 10.1. The van der Waals surface area contributed by atoms with Crippen LogP contribution in [0.1, 0.15) is 11.1 Å². The Bertz CT molecular complexity index is 324. The molecule has 0 heterocycles. The van der Waals surface area contributed by atoms with E-state index in [0.29, 0.717) is 6.54 Å². The van der Waals surface area contributed by atoms with E-state index in [0.717, 1.165) is 21.3 Å². The summed E-state index contributed by atoms with van der Waals surface area (Å²) in [7, 11) is 1.67. The second kappa shape index (κ2) is 5.17. The molecule has 0 atom stereocenters. The molecule has 0 unspecified atom stereocenters. The zero-order valence-corrected chi connectivity index (χ0v) is 9.97. The number of methoxy groups -OCH3 is 1. The van der Waals surface area contributed by atoms with Crippen molar-refractivity contribution < 1.29 is 4.74 Å². The molecule has 0 saturated carbocycles. The first-order chi connectivity index (χ1) is 6.69. The first kappa shape index (κ1) is 11.3. The first-order valence-electron chi connectivity index (χ1n) is 4.39. The predicted molar refractivity (Wildman–Crippen MR) is 63.5 cm³/mol. The topological polar surface area (TPSA) is 35.2 Å². The summed E-state index contributed by atoms with van der Waals surface area (Å²) in [6.07, 6.45) is 3.92. The summed E-state index contributed by atoms with van der Waals surface area (Å²) >= 11 is 3.46. The fourth-order valence-electron chi connectivity index (χ4n) is 1.32. The Hall–Kier alpha value is -0.800. The standard InChI is InChI=1S/C11H14BrNO/c1-8-6-9(4-3-5-13)7-10(12)11(8)14-2/h3-4,6-7H,5,13H2,1-2H3/b4-3+. The highest BCUT2D eigenvalue weighted by molar-refractivity contribution is 9.10. The van der Waals surface area contributed by atoms with Crippen LogP contribution in [0.2, 0.25) is 0 Å². The van der Waals surface area contributed by atoms with Crippen molar-refractivity contribution >= 4 is 22.0 Å². The van der Waals surface area contributed by atoms with Crippen molar-refractivity contribution in [2.45, 2.75) is 6.92 Å². The molecule has 1 rings (SSSR count). The van der Waals surface area contributed by atoms with Crippen LogP contribution in [0, 0.1) is 6.92 Å². The Balaban J connectivity index is 3.07. The zero-order chi connectivity index (χ0) is 10.6. The van der Waals surface area contributed by atoms with Crippen molar-refractivity contribution in [2.75, 3.05) is 13.7 Å². The van der Waals surface area contributed by atoms with Gasteiger partial charge in [0.15, 0.2) is 0 Å². The van der Waals surface area contributed by atoms with Gasteiger partial charge in [0.2, 0.25) is 0 Å². The molecule has 0 amide bonds. The smallest absolute Gasteiger partial charge is 0.135 e. The Morgan fingerprint density at radius 3 is 2.71 bits per heavy atom. The number of ether oxygens (including phenoxy) is 1. The van der Waals surface area contributed by atoms with Crippen LogP contribution in [-0.4, -0.2) is 13.7 Å². The summed E-state index contributed by atoms with van der Waals surface area (Å²) in [5, 5.41) is 0. The molecule has 0 fully saturated rings. The van der Waals surface area contributed by atoms with E-state index in [9.17, 15) is 0 Å². The molecule has 0 aliphatic carbocycles. The predicted octanol–water partition coefficient (Wildman–Crippen LogP) is 2.74. The molecule has 76 valence electrons. The molecule has 14 heavy (non-hydrogen) atoms. The summed E-state index contributed by atoms with van der Waals surface area (Å²) < 4.78 is 6.21. The number of nitrogens with two attached hydrogens (primary N) is 1. The highest BCUT2D eigenvalue weighted by Crippen LogP contribution is 2.30. The minimum absolute atomic E-state index is 0.558. The lowest BCUT2D eigenvalue weighted by Crippen LogP contribution is -1.93. The van der Waals surface area contributed by atoms with E-state index in [4.69, 9.17) is 10.5 Å². The Morgan fingerprint density at radius 2 is 2.21 bits per heavy atom. The maximum absolute atomic E-state index is 5.39. The third-order valence-electron chi connectivity index (χ3n) is 1.90. The molecular weight excluding hydrogens is 242 g/mol. The van der Waals surface area contributed by atoms with Gasteiger partial charge in [0.25, 0.3) is 0 Å². The molecule has 2 N–H and O–H groups in total. The summed E-state index contributed by atoms with van der Waals surface area (Å²) in [5.74, 6) is 0.884. The minimum Gasteiger partial charge on any atom is -0.495 e. The number of hydrogen-bond acceptors (Lipinski definition) is 2. The van der Waals surface area contributed by atoms with Crippen molar-refractivity contribution in [3.63, 3.8) is 0 Å². The van der Waals surface area contributed by atoms with Crippen molar-refractivity contribution in [3.8, 4) is 5.75 Å². The van der Waals surface area contributed by atoms with Gasteiger partial charge in [0.1, 0.15) is 5.75 Å². The van der Waals surface area contributed by atoms with Crippen molar-refractivity contribution in [1.82, 2.24) is 0 Å². The normalized spacial score (nSPS) is 10.9. The number of rotatable bonds is 3. The second-order valence-corrected chi connectivity index (χ2v) is 3.85.